The zero-order valence-corrected chi connectivity index (χ0v) is 20.2. The number of fused-ring (bicyclic) bond motifs is 2. The Labute approximate surface area is 195 Å². The number of aromatic nitrogens is 1. The minimum atomic E-state index is -0.715. The Morgan fingerprint density at radius 1 is 1.19 bits per heavy atom. The molecule has 2 atom stereocenters. The molecule has 0 amide bonds. The van der Waals surface area contributed by atoms with Crippen LogP contribution in [0.2, 0.25) is 5.15 Å². The van der Waals surface area contributed by atoms with E-state index in [9.17, 15) is 5.11 Å². The minimum Gasteiger partial charge on any atom is -0.485 e. The summed E-state index contributed by atoms with van der Waals surface area (Å²) < 4.78 is 6.23. The number of likely N-dealkylation sites (N-methyl/N-ethyl adjacent to an activating group) is 1. The number of nitrogens with zero attached hydrogens (tertiary/aromatic N) is 2. The van der Waals surface area contributed by atoms with Crippen LogP contribution in [0, 0.1) is 13.8 Å². The van der Waals surface area contributed by atoms with Crippen LogP contribution in [0.5, 0.6) is 5.75 Å². The van der Waals surface area contributed by atoms with E-state index < -0.39 is 11.7 Å². The molecule has 0 radical (unpaired) electrons. The van der Waals surface area contributed by atoms with Crippen LogP contribution < -0.4 is 15.0 Å². The Bertz CT molecular complexity index is 1130. The second-order valence-electron chi connectivity index (χ2n) is 9.17. The molecule has 0 unspecified atom stereocenters. The van der Waals surface area contributed by atoms with Crippen LogP contribution >= 0.6 is 11.6 Å². The second-order valence-corrected chi connectivity index (χ2v) is 9.56. The molecule has 0 saturated carbocycles. The molecule has 3 aromatic rings. The normalized spacial score (nSPS) is 19.5. The summed E-state index contributed by atoms with van der Waals surface area (Å²) in [4.78, 5) is 6.84. The number of halogens is 1. The van der Waals surface area contributed by atoms with Crippen molar-refractivity contribution in [3.05, 3.63) is 64.3 Å². The lowest BCUT2D eigenvalue weighted by atomic mass is 9.85. The van der Waals surface area contributed by atoms with Crippen LogP contribution in [0.4, 0.5) is 5.69 Å². The predicted molar refractivity (Wildman–Crippen MR) is 132 cm³/mol. The van der Waals surface area contributed by atoms with Gasteiger partial charge in [-0.3, -0.25) is 0 Å². The molecule has 0 spiro atoms. The molecule has 0 aliphatic carbocycles. The molecule has 6 heteroatoms. The maximum atomic E-state index is 11.2. The molecule has 1 aliphatic heterocycles. The third kappa shape index (κ3) is 4.42. The van der Waals surface area contributed by atoms with E-state index in [0.29, 0.717) is 5.15 Å². The van der Waals surface area contributed by atoms with Gasteiger partial charge in [-0.15, -0.1) is 0 Å². The summed E-state index contributed by atoms with van der Waals surface area (Å²) in [5.41, 5.74) is 4.52. The predicted octanol–water partition coefficient (Wildman–Crippen LogP) is 5.19. The fourth-order valence-corrected chi connectivity index (χ4v) is 4.77. The summed E-state index contributed by atoms with van der Waals surface area (Å²) in [6.45, 7) is 12.6. The van der Waals surface area contributed by atoms with Crippen LogP contribution in [0.3, 0.4) is 0 Å². The molecule has 2 aromatic carbocycles. The molecule has 2 heterocycles. The van der Waals surface area contributed by atoms with Gasteiger partial charge in [0.25, 0.3) is 0 Å². The molecule has 0 saturated heterocycles. The molecular weight excluding hydrogens is 422 g/mol. The number of pyridine rings is 1. The fourth-order valence-electron chi connectivity index (χ4n) is 4.51. The minimum absolute atomic E-state index is 0.268. The number of hydrogen-bond donors (Lipinski definition) is 2. The molecule has 5 nitrogen and oxygen atoms in total. The summed E-state index contributed by atoms with van der Waals surface area (Å²) in [6, 6.07) is 14.2. The van der Waals surface area contributed by atoms with E-state index in [4.69, 9.17) is 16.3 Å². The van der Waals surface area contributed by atoms with Gasteiger partial charge in [-0.25, -0.2) is 4.98 Å². The standard InChI is InChI=1S/C26H32ClN3O2/c1-6-30(18-9-7-8-16(2)12-18)11-10-28-24-20-14-21-19(17(3)13-23(27)29-21)15-22(20)32-26(4,5)25(24)31/h7-9,12-15,24-25,28,31H,6,10-11H2,1-5H3/t24-,25+/m0/s1. The Balaban J connectivity index is 1.61. The van der Waals surface area contributed by atoms with Gasteiger partial charge in [0.2, 0.25) is 0 Å². The van der Waals surface area contributed by atoms with Crippen LogP contribution in [-0.2, 0) is 0 Å². The quantitative estimate of drug-likeness (QED) is 0.503. The van der Waals surface area contributed by atoms with Crippen LogP contribution in [0.15, 0.2) is 42.5 Å². The third-order valence-electron chi connectivity index (χ3n) is 6.35. The Kier molecular flexibility index (Phi) is 6.35. The monoisotopic (exact) mass is 453 g/mol. The van der Waals surface area contributed by atoms with Gasteiger partial charge in [-0.05, 0) is 76.1 Å². The first-order chi connectivity index (χ1) is 15.2. The van der Waals surface area contributed by atoms with Crippen LogP contribution in [-0.4, -0.2) is 41.4 Å². The van der Waals surface area contributed by atoms with Crippen molar-refractivity contribution in [3.8, 4) is 5.75 Å². The summed E-state index contributed by atoms with van der Waals surface area (Å²) in [7, 11) is 0. The van der Waals surface area contributed by atoms with Crippen molar-refractivity contribution in [2.24, 2.45) is 0 Å². The molecule has 0 fully saturated rings. The van der Waals surface area contributed by atoms with Crippen molar-refractivity contribution in [1.82, 2.24) is 10.3 Å². The number of anilines is 1. The highest BCUT2D eigenvalue weighted by Gasteiger charge is 2.43. The lowest BCUT2D eigenvalue weighted by Crippen LogP contribution is -2.53. The smallest absolute Gasteiger partial charge is 0.131 e. The van der Waals surface area contributed by atoms with E-state index in [1.165, 1.54) is 11.3 Å². The lowest BCUT2D eigenvalue weighted by molar-refractivity contribution is -0.0641. The maximum Gasteiger partial charge on any atom is 0.131 e. The summed E-state index contributed by atoms with van der Waals surface area (Å²) in [6.07, 6.45) is -0.707. The average Bonchev–Trinajstić information content (AvgIpc) is 2.73. The number of aryl methyl sites for hydroxylation is 2. The van der Waals surface area contributed by atoms with Crippen molar-refractivity contribution in [2.75, 3.05) is 24.5 Å². The van der Waals surface area contributed by atoms with E-state index in [-0.39, 0.29) is 6.04 Å². The third-order valence-corrected chi connectivity index (χ3v) is 6.54. The van der Waals surface area contributed by atoms with Crippen molar-refractivity contribution in [2.45, 2.75) is 52.4 Å². The maximum absolute atomic E-state index is 11.2. The highest BCUT2D eigenvalue weighted by molar-refractivity contribution is 6.29. The first-order valence-corrected chi connectivity index (χ1v) is 11.6. The largest absolute Gasteiger partial charge is 0.485 e. The van der Waals surface area contributed by atoms with Gasteiger partial charge in [-0.2, -0.15) is 0 Å². The Morgan fingerprint density at radius 2 is 1.97 bits per heavy atom. The first kappa shape index (κ1) is 22.8. The van der Waals surface area contributed by atoms with Gasteiger partial charge in [0.05, 0.1) is 11.6 Å². The highest BCUT2D eigenvalue weighted by Crippen LogP contribution is 2.42. The van der Waals surface area contributed by atoms with E-state index in [0.717, 1.165) is 47.4 Å². The highest BCUT2D eigenvalue weighted by atomic mass is 35.5. The number of aliphatic hydroxyl groups excluding tert-OH is 1. The van der Waals surface area contributed by atoms with Gasteiger partial charge in [0, 0.05) is 36.3 Å². The average molecular weight is 454 g/mol. The van der Waals surface area contributed by atoms with E-state index >= 15 is 0 Å². The summed E-state index contributed by atoms with van der Waals surface area (Å²) in [5, 5.41) is 16.2. The SMILES string of the molecule is CCN(CCN[C@H]1c2cc3nc(Cl)cc(C)c3cc2OC(C)(C)[C@@H]1O)c1cccc(C)c1. The van der Waals surface area contributed by atoms with Gasteiger partial charge < -0.3 is 20.1 Å². The number of nitrogens with one attached hydrogen (secondary N) is 1. The summed E-state index contributed by atoms with van der Waals surface area (Å²) >= 11 is 6.21. The number of benzene rings is 2. The molecule has 0 bridgehead atoms. The topological polar surface area (TPSA) is 57.6 Å². The number of ether oxygens (including phenoxy) is 1. The Hall–Kier alpha value is -2.34. The van der Waals surface area contributed by atoms with E-state index in [1.54, 1.807) is 0 Å². The van der Waals surface area contributed by atoms with Gasteiger partial charge >= 0.3 is 0 Å². The molecular formula is C26H32ClN3O2. The molecule has 170 valence electrons. The van der Waals surface area contributed by atoms with Crippen molar-refractivity contribution in [1.29, 1.82) is 0 Å². The van der Waals surface area contributed by atoms with Crippen LogP contribution in [0.25, 0.3) is 10.9 Å². The van der Waals surface area contributed by atoms with E-state index in [1.807, 2.05) is 39.0 Å². The molecule has 32 heavy (non-hydrogen) atoms. The molecule has 1 aromatic heterocycles. The zero-order chi connectivity index (χ0) is 23.0. The molecule has 1 aliphatic rings. The second kappa shape index (κ2) is 8.89. The van der Waals surface area contributed by atoms with Crippen LogP contribution in [0.1, 0.15) is 43.5 Å². The molecule has 2 N–H and O–H groups in total. The van der Waals surface area contributed by atoms with Gasteiger partial charge in [0.1, 0.15) is 22.6 Å². The molecule has 4 rings (SSSR count). The fraction of sp³-hybridized carbons (Fsp3) is 0.423. The van der Waals surface area contributed by atoms with Gasteiger partial charge in [-0.1, -0.05) is 23.7 Å². The lowest BCUT2D eigenvalue weighted by Gasteiger charge is -2.42. The number of aliphatic hydroxyl groups is 1. The zero-order valence-electron chi connectivity index (χ0n) is 19.4. The Morgan fingerprint density at radius 3 is 2.69 bits per heavy atom. The summed E-state index contributed by atoms with van der Waals surface area (Å²) in [5.74, 6) is 0.781. The number of hydrogen-bond acceptors (Lipinski definition) is 5. The van der Waals surface area contributed by atoms with Gasteiger partial charge in [0.15, 0.2) is 0 Å². The van der Waals surface area contributed by atoms with E-state index in [2.05, 4.69) is 53.3 Å². The first-order valence-electron chi connectivity index (χ1n) is 11.2. The van der Waals surface area contributed by atoms with Crippen molar-refractivity contribution < 1.29 is 9.84 Å². The van der Waals surface area contributed by atoms with Crippen molar-refractivity contribution >= 4 is 28.2 Å². The number of rotatable bonds is 6. The van der Waals surface area contributed by atoms with Crippen molar-refractivity contribution in [3.63, 3.8) is 0 Å².